The van der Waals surface area contributed by atoms with Crippen molar-refractivity contribution >= 4 is 23.2 Å². The first kappa shape index (κ1) is 21.7. The Bertz CT molecular complexity index is 665. The average Bonchev–Trinajstić information content (AvgIpc) is 2.71. The second-order valence-corrected chi connectivity index (χ2v) is 8.29. The Kier molecular flexibility index (Phi) is 8.03. The van der Waals surface area contributed by atoms with E-state index in [4.69, 9.17) is 4.74 Å². The molecule has 0 aromatic heterocycles. The van der Waals surface area contributed by atoms with Gasteiger partial charge in [-0.25, -0.2) is 0 Å². The van der Waals surface area contributed by atoms with Crippen LogP contribution in [0.2, 0.25) is 0 Å². The van der Waals surface area contributed by atoms with Gasteiger partial charge >= 0.3 is 0 Å². The molecule has 2 aliphatic heterocycles. The molecule has 2 aliphatic rings. The molecule has 7 heteroatoms. The summed E-state index contributed by atoms with van der Waals surface area (Å²) in [5, 5.41) is 5.97. The van der Waals surface area contributed by atoms with Crippen molar-refractivity contribution in [3.8, 4) is 0 Å². The standard InChI is InChI=1S/C22H34N4O3/c1-17(2)21(26-10-4-3-5-11-26)22(28)24-19-8-6-18(7-9-19)23-20(27)16-25-12-14-29-15-13-25/h6-9,17,21H,3-5,10-16H2,1-2H3,(H,23,27)(H,24,28)/t21-/m1/s1. The van der Waals surface area contributed by atoms with Crippen LogP contribution in [0.25, 0.3) is 0 Å². The maximum absolute atomic E-state index is 12.9. The maximum Gasteiger partial charge on any atom is 0.241 e. The Morgan fingerprint density at radius 3 is 2.10 bits per heavy atom. The molecule has 2 fully saturated rings. The smallest absolute Gasteiger partial charge is 0.241 e. The van der Waals surface area contributed by atoms with Crippen molar-refractivity contribution in [2.24, 2.45) is 5.92 Å². The highest BCUT2D eigenvalue weighted by Gasteiger charge is 2.29. The van der Waals surface area contributed by atoms with E-state index >= 15 is 0 Å². The van der Waals surface area contributed by atoms with Gasteiger partial charge in [0, 0.05) is 24.5 Å². The first-order valence-electron chi connectivity index (χ1n) is 10.8. The van der Waals surface area contributed by atoms with Crippen molar-refractivity contribution < 1.29 is 14.3 Å². The van der Waals surface area contributed by atoms with Gasteiger partial charge in [-0.2, -0.15) is 0 Å². The van der Waals surface area contributed by atoms with Crippen molar-refractivity contribution in [2.75, 3.05) is 56.6 Å². The van der Waals surface area contributed by atoms with E-state index in [2.05, 4.69) is 34.3 Å². The molecule has 0 spiro atoms. The summed E-state index contributed by atoms with van der Waals surface area (Å²) >= 11 is 0. The van der Waals surface area contributed by atoms with Gasteiger partial charge in [0.15, 0.2) is 0 Å². The van der Waals surface area contributed by atoms with Crippen molar-refractivity contribution in [2.45, 2.75) is 39.2 Å². The van der Waals surface area contributed by atoms with Gasteiger partial charge in [-0.1, -0.05) is 20.3 Å². The lowest BCUT2D eigenvalue weighted by molar-refractivity contribution is -0.123. The second kappa shape index (κ2) is 10.7. The van der Waals surface area contributed by atoms with Crippen LogP contribution in [0.15, 0.2) is 24.3 Å². The molecular weight excluding hydrogens is 368 g/mol. The van der Waals surface area contributed by atoms with E-state index in [9.17, 15) is 9.59 Å². The summed E-state index contributed by atoms with van der Waals surface area (Å²) in [6.07, 6.45) is 3.58. The number of nitrogens with one attached hydrogen (secondary N) is 2. The Morgan fingerprint density at radius 1 is 0.931 bits per heavy atom. The molecule has 1 atom stereocenters. The van der Waals surface area contributed by atoms with E-state index in [0.29, 0.717) is 19.8 Å². The predicted molar refractivity (Wildman–Crippen MR) is 115 cm³/mol. The summed E-state index contributed by atoms with van der Waals surface area (Å²) in [5.41, 5.74) is 1.49. The molecule has 2 heterocycles. The third-order valence-corrected chi connectivity index (χ3v) is 5.59. The third kappa shape index (κ3) is 6.52. The lowest BCUT2D eigenvalue weighted by Gasteiger charge is -2.35. The van der Waals surface area contributed by atoms with Crippen LogP contribution in [-0.4, -0.2) is 73.6 Å². The maximum atomic E-state index is 12.9. The van der Waals surface area contributed by atoms with Gasteiger partial charge in [-0.15, -0.1) is 0 Å². The molecule has 2 N–H and O–H groups in total. The van der Waals surface area contributed by atoms with E-state index in [0.717, 1.165) is 50.4 Å². The van der Waals surface area contributed by atoms with Crippen LogP contribution in [0.4, 0.5) is 11.4 Å². The SMILES string of the molecule is CC(C)[C@H](C(=O)Nc1ccc(NC(=O)CN2CCOCC2)cc1)N1CCCCC1. The fraction of sp³-hybridized carbons (Fsp3) is 0.636. The molecule has 0 unspecified atom stereocenters. The molecule has 1 aromatic rings. The normalized spacial score (nSPS) is 19.7. The zero-order chi connectivity index (χ0) is 20.6. The van der Waals surface area contributed by atoms with Crippen molar-refractivity contribution in [1.29, 1.82) is 0 Å². The van der Waals surface area contributed by atoms with Gasteiger partial charge in [0.25, 0.3) is 0 Å². The number of hydrogen-bond donors (Lipinski definition) is 2. The number of likely N-dealkylation sites (tertiary alicyclic amines) is 1. The summed E-state index contributed by atoms with van der Waals surface area (Å²) in [5.74, 6) is 0.270. The fourth-order valence-corrected chi connectivity index (χ4v) is 4.10. The van der Waals surface area contributed by atoms with Crippen molar-refractivity contribution in [1.82, 2.24) is 9.80 Å². The Balaban J connectivity index is 1.52. The molecule has 0 bridgehead atoms. The first-order valence-corrected chi connectivity index (χ1v) is 10.8. The Morgan fingerprint density at radius 2 is 1.52 bits per heavy atom. The van der Waals surface area contributed by atoms with E-state index in [1.807, 2.05) is 24.3 Å². The van der Waals surface area contributed by atoms with Gasteiger partial charge in [0.1, 0.15) is 0 Å². The minimum atomic E-state index is -0.108. The Hall–Kier alpha value is -1.96. The minimum absolute atomic E-state index is 0.0337. The molecule has 2 saturated heterocycles. The van der Waals surface area contributed by atoms with Crippen LogP contribution >= 0.6 is 0 Å². The number of carbonyl (C=O) groups excluding carboxylic acids is 2. The molecular formula is C22H34N4O3. The molecule has 3 rings (SSSR count). The molecule has 1 aromatic carbocycles. The highest BCUT2D eigenvalue weighted by atomic mass is 16.5. The van der Waals surface area contributed by atoms with Crippen LogP contribution in [0.1, 0.15) is 33.1 Å². The van der Waals surface area contributed by atoms with Crippen LogP contribution in [0, 0.1) is 5.92 Å². The zero-order valence-electron chi connectivity index (χ0n) is 17.7. The number of amides is 2. The van der Waals surface area contributed by atoms with Gasteiger partial charge < -0.3 is 15.4 Å². The number of benzene rings is 1. The second-order valence-electron chi connectivity index (χ2n) is 8.29. The first-order chi connectivity index (χ1) is 14.0. The number of nitrogens with zero attached hydrogens (tertiary/aromatic N) is 2. The van der Waals surface area contributed by atoms with Crippen LogP contribution in [-0.2, 0) is 14.3 Å². The lowest BCUT2D eigenvalue weighted by atomic mass is 9.98. The molecule has 0 saturated carbocycles. The molecule has 160 valence electrons. The molecule has 2 amide bonds. The lowest BCUT2D eigenvalue weighted by Crippen LogP contribution is -2.49. The minimum Gasteiger partial charge on any atom is -0.379 e. The van der Waals surface area contributed by atoms with Gasteiger partial charge in [0.05, 0.1) is 25.8 Å². The highest BCUT2D eigenvalue weighted by Crippen LogP contribution is 2.20. The number of carbonyl (C=O) groups is 2. The molecule has 29 heavy (non-hydrogen) atoms. The summed E-state index contributed by atoms with van der Waals surface area (Å²) in [7, 11) is 0. The monoisotopic (exact) mass is 402 g/mol. The summed E-state index contributed by atoms with van der Waals surface area (Å²) < 4.78 is 5.30. The topological polar surface area (TPSA) is 73.9 Å². The molecule has 0 aliphatic carbocycles. The van der Waals surface area contributed by atoms with Crippen LogP contribution in [0.3, 0.4) is 0 Å². The highest BCUT2D eigenvalue weighted by molar-refractivity contribution is 5.96. The largest absolute Gasteiger partial charge is 0.379 e. The summed E-state index contributed by atoms with van der Waals surface area (Å²) in [6, 6.07) is 7.24. The number of morpholine rings is 1. The predicted octanol–water partition coefficient (Wildman–Crippen LogP) is 2.41. The molecule has 7 nitrogen and oxygen atoms in total. The summed E-state index contributed by atoms with van der Waals surface area (Å²) in [6.45, 7) is 9.48. The van der Waals surface area contributed by atoms with E-state index in [-0.39, 0.29) is 23.8 Å². The number of anilines is 2. The van der Waals surface area contributed by atoms with Gasteiger partial charge in [0.2, 0.25) is 11.8 Å². The van der Waals surface area contributed by atoms with Crippen molar-refractivity contribution in [3.05, 3.63) is 24.3 Å². The van der Waals surface area contributed by atoms with Crippen molar-refractivity contribution in [3.63, 3.8) is 0 Å². The number of piperidine rings is 1. The van der Waals surface area contributed by atoms with Gasteiger partial charge in [-0.3, -0.25) is 19.4 Å². The fourth-order valence-electron chi connectivity index (χ4n) is 4.10. The zero-order valence-corrected chi connectivity index (χ0v) is 17.7. The molecule has 0 radical (unpaired) electrons. The number of ether oxygens (including phenoxy) is 1. The number of hydrogen-bond acceptors (Lipinski definition) is 5. The Labute approximate surface area is 173 Å². The van der Waals surface area contributed by atoms with Crippen LogP contribution in [0.5, 0.6) is 0 Å². The quantitative estimate of drug-likeness (QED) is 0.733. The summed E-state index contributed by atoms with van der Waals surface area (Å²) in [4.78, 5) is 29.5. The van der Waals surface area contributed by atoms with Crippen LogP contribution < -0.4 is 10.6 Å². The van der Waals surface area contributed by atoms with E-state index in [1.165, 1.54) is 6.42 Å². The average molecular weight is 403 g/mol. The number of rotatable bonds is 7. The third-order valence-electron chi connectivity index (χ3n) is 5.59. The van der Waals surface area contributed by atoms with E-state index in [1.54, 1.807) is 0 Å². The van der Waals surface area contributed by atoms with Gasteiger partial charge in [-0.05, 0) is 56.1 Å². The van der Waals surface area contributed by atoms with E-state index < -0.39 is 0 Å².